The van der Waals surface area contributed by atoms with Gasteiger partial charge in [0.05, 0.1) is 89.7 Å². The van der Waals surface area contributed by atoms with Crippen molar-refractivity contribution < 1.29 is 65.3 Å². The van der Waals surface area contributed by atoms with Gasteiger partial charge in [0.25, 0.3) is 10.0 Å². The number of aromatic nitrogens is 2. The lowest BCUT2D eigenvalue weighted by Crippen LogP contribution is -2.65. The normalized spacial score (nSPS) is 22.0. The van der Waals surface area contributed by atoms with Gasteiger partial charge in [-0.15, -0.1) is 0 Å². The topological polar surface area (TPSA) is 166 Å². The fourth-order valence-corrected chi connectivity index (χ4v) is 16.4. The van der Waals surface area contributed by atoms with Gasteiger partial charge in [-0.3, -0.25) is 0 Å². The van der Waals surface area contributed by atoms with E-state index < -0.39 is 70.4 Å². The van der Waals surface area contributed by atoms with Crippen molar-refractivity contribution in [3.05, 3.63) is 389 Å². The van der Waals surface area contributed by atoms with Crippen molar-refractivity contribution >= 4 is 31.8 Å². The number of benzene rings is 11. The van der Waals surface area contributed by atoms with Crippen LogP contribution in [0, 0.1) is 0 Å². The number of aromatic amines is 1. The van der Waals surface area contributed by atoms with E-state index in [1.54, 1.807) is 36.5 Å². The lowest BCUT2D eigenvalue weighted by molar-refractivity contribution is -0.387. The fourth-order valence-electron chi connectivity index (χ4n) is 15.0. The molecule has 2 aromatic heterocycles. The first kappa shape index (κ1) is 75.4. The van der Waals surface area contributed by atoms with E-state index in [1.807, 2.05) is 219 Å². The third kappa shape index (κ3) is 17.0. The molecule has 1 N–H and O–H groups in total. The van der Waals surface area contributed by atoms with Crippen LogP contribution in [0.25, 0.3) is 21.8 Å². The number of nitrogens with zero attached hydrogens (tertiary/aromatic N) is 1. The maximum Gasteiger partial charge on any atom is 0.268 e. The summed E-state index contributed by atoms with van der Waals surface area (Å²) in [6.45, 7) is 3.61. The quantitative estimate of drug-likeness (QED) is 0.0492. The first-order chi connectivity index (χ1) is 53.7. The zero-order valence-corrected chi connectivity index (χ0v) is 61.1. The zero-order chi connectivity index (χ0) is 73.7. The third-order valence-corrected chi connectivity index (χ3v) is 22.1. The Balaban J connectivity index is 0.000000175. The minimum absolute atomic E-state index is 0. The predicted octanol–water partition coefficient (Wildman–Crippen LogP) is 17.8. The van der Waals surface area contributed by atoms with Gasteiger partial charge in [0, 0.05) is 34.4 Å². The summed E-state index contributed by atoms with van der Waals surface area (Å²) in [6.07, 6.45) is -1.85. The van der Waals surface area contributed by atoms with Gasteiger partial charge in [0.2, 0.25) is 11.6 Å². The van der Waals surface area contributed by atoms with Crippen molar-refractivity contribution in [2.24, 2.45) is 0 Å². The number of ether oxygens (including phenoxy) is 12. The second kappa shape index (κ2) is 35.3. The smallest absolute Gasteiger partial charge is 0.268 e. The molecule has 17 heteroatoms. The molecule has 0 aliphatic carbocycles. The first-order valence-corrected chi connectivity index (χ1v) is 38.5. The molecule has 0 amide bonds. The number of H-pyrrole nitrogens is 1. The van der Waals surface area contributed by atoms with E-state index in [4.69, 9.17) is 56.8 Å². The average Bonchev–Trinajstić information content (AvgIpc) is 1.51. The predicted molar refractivity (Wildman–Crippen MR) is 421 cm³/mol. The SMILES string of the molecule is C.O=S(=O)(c1ccccc1)n1ccc2cc3c(cc21)[C@]1(OC3)O[C@H](COCc2ccccc2)[C@@H](OCc2ccccc2)[C@H](OCc2ccccc2)[C@H]1OCc1ccccc1.c1ccc(COC[C@H]2O[C@]3(OCc4cc5cc[nH]c5cc43)[C@H](OCc3ccccc3)[C@@H](OCc3ccccc3)[C@@H]2OCc2ccccc2)cc1. The molecule has 16 nitrogen and oxygen atoms in total. The Morgan fingerprint density at radius 2 is 0.691 bits per heavy atom. The maximum atomic E-state index is 14.1. The van der Waals surface area contributed by atoms with Crippen LogP contribution in [0.2, 0.25) is 0 Å². The van der Waals surface area contributed by atoms with Gasteiger partial charge in [-0.05, 0) is 110 Å². The van der Waals surface area contributed by atoms with Crippen LogP contribution in [0.5, 0.6) is 0 Å². The Kier molecular flexibility index (Phi) is 24.2. The van der Waals surface area contributed by atoms with Gasteiger partial charge in [0.1, 0.15) is 48.8 Å². The molecule has 13 aromatic rings. The van der Waals surface area contributed by atoms with Crippen molar-refractivity contribution in [3.8, 4) is 0 Å². The van der Waals surface area contributed by atoms with Crippen LogP contribution in [0.4, 0.5) is 0 Å². The molecule has 562 valence electrons. The van der Waals surface area contributed by atoms with Crippen LogP contribution < -0.4 is 0 Å². The molecule has 4 aliphatic rings. The largest absolute Gasteiger partial charge is 0.374 e. The highest BCUT2D eigenvalue weighted by Gasteiger charge is 2.63. The number of fused-ring (bicyclic) bond motifs is 6. The highest BCUT2D eigenvalue weighted by Crippen LogP contribution is 2.52. The second-order valence-electron chi connectivity index (χ2n) is 27.8. The van der Waals surface area contributed by atoms with Crippen LogP contribution in [0.15, 0.2) is 327 Å². The molecule has 110 heavy (non-hydrogen) atoms. The molecule has 2 saturated heterocycles. The van der Waals surface area contributed by atoms with E-state index >= 15 is 0 Å². The standard InChI is InChI=1S/C49H45NO8S.C43H41NO6.CH4/c51-59(52,42-24-14-5-15-25-42)50-27-26-40-28-41-34-57-49(43(41)29-44(40)50)48(56-33-39-22-12-4-13-23-39)47(55-32-38-20-10-3-11-21-38)46(54-31-37-18-8-2-9-19-37)45(58-49)35-53-30-36-16-6-1-7-17-36;1-5-13-31(14-6-1)25-45-30-39-40(46-26-32-15-7-2-8-16-32)41(47-27-33-17-9-3-10-18-33)42(48-28-34-19-11-4-12-20-34)43(50-39)37-24-38-35(21-22-44-38)23-36(37)29-49-43;/h1-29,45-48H,30-35H2;1-24,39-42,44H,25-30H2;1H4/t45-,46-,47+,48-,49+;39-,40-,41+,42-,43+;/m11./s1. The summed E-state index contributed by atoms with van der Waals surface area (Å²) in [5.41, 5.74) is 13.2. The van der Waals surface area contributed by atoms with Crippen molar-refractivity contribution in [1.29, 1.82) is 0 Å². The summed E-state index contributed by atoms with van der Waals surface area (Å²) in [6, 6.07) is 101. The maximum absolute atomic E-state index is 14.1. The third-order valence-electron chi connectivity index (χ3n) is 20.4. The summed E-state index contributed by atoms with van der Waals surface area (Å²) in [7, 11) is -3.94. The molecule has 0 saturated carbocycles. The van der Waals surface area contributed by atoms with E-state index in [0.717, 1.165) is 77.5 Å². The molecule has 0 radical (unpaired) electrons. The molecule has 6 heterocycles. The molecule has 2 fully saturated rings. The van der Waals surface area contributed by atoms with Gasteiger partial charge in [-0.2, -0.15) is 0 Å². The van der Waals surface area contributed by atoms with Gasteiger partial charge in [0.15, 0.2) is 0 Å². The highest BCUT2D eigenvalue weighted by atomic mass is 32.2. The average molecular weight is 1490 g/mol. The van der Waals surface area contributed by atoms with Crippen molar-refractivity contribution in [2.45, 2.75) is 139 Å². The van der Waals surface area contributed by atoms with Crippen molar-refractivity contribution in [1.82, 2.24) is 8.96 Å². The summed E-state index contributed by atoms with van der Waals surface area (Å²) in [5, 5.41) is 1.87. The molecule has 0 unspecified atom stereocenters. The minimum atomic E-state index is -3.94. The Morgan fingerprint density at radius 1 is 0.364 bits per heavy atom. The van der Waals surface area contributed by atoms with Crippen LogP contribution in [0.1, 0.15) is 74.2 Å². The zero-order valence-electron chi connectivity index (χ0n) is 60.3. The Labute approximate surface area is 642 Å². The fraction of sp³-hybridized carbons (Fsp3) is 0.247. The van der Waals surface area contributed by atoms with Gasteiger partial charge >= 0.3 is 0 Å². The monoisotopic (exact) mass is 1490 g/mol. The van der Waals surface area contributed by atoms with Gasteiger partial charge in [-0.1, -0.05) is 268 Å². The summed E-state index contributed by atoms with van der Waals surface area (Å²) < 4.78 is 112. The lowest BCUT2D eigenvalue weighted by atomic mass is 9.86. The Bertz CT molecular complexity index is 5150. The molecule has 11 aromatic carbocycles. The lowest BCUT2D eigenvalue weighted by Gasteiger charge is -2.51. The molecular formula is C93H90N2O14S. The summed E-state index contributed by atoms with van der Waals surface area (Å²) in [5.74, 6) is -2.82. The van der Waals surface area contributed by atoms with Crippen LogP contribution in [-0.2, 0) is 145 Å². The van der Waals surface area contributed by atoms with E-state index in [-0.39, 0.29) is 52.0 Å². The Morgan fingerprint density at radius 3 is 1.07 bits per heavy atom. The molecule has 4 aliphatic heterocycles. The first-order valence-electron chi connectivity index (χ1n) is 37.1. The van der Waals surface area contributed by atoms with Crippen LogP contribution in [-0.4, -0.2) is 79.4 Å². The van der Waals surface area contributed by atoms with Crippen molar-refractivity contribution in [3.63, 3.8) is 0 Å². The second-order valence-corrected chi connectivity index (χ2v) is 29.6. The van der Waals surface area contributed by atoms with Crippen molar-refractivity contribution in [2.75, 3.05) is 13.2 Å². The molecule has 17 rings (SSSR count). The van der Waals surface area contributed by atoms with Gasteiger partial charge < -0.3 is 61.8 Å². The number of hydrogen-bond acceptors (Lipinski definition) is 14. The van der Waals surface area contributed by atoms with E-state index in [2.05, 4.69) is 71.7 Å². The highest BCUT2D eigenvalue weighted by molar-refractivity contribution is 7.90. The minimum Gasteiger partial charge on any atom is -0.374 e. The molecular weight excluding hydrogens is 1400 g/mol. The van der Waals surface area contributed by atoms with Crippen LogP contribution >= 0.6 is 0 Å². The molecule has 2 spiro atoms. The van der Waals surface area contributed by atoms with E-state index in [0.29, 0.717) is 50.7 Å². The molecule has 0 bridgehead atoms. The summed E-state index contributed by atoms with van der Waals surface area (Å²) >= 11 is 0. The Hall–Kier alpha value is -10.0. The van der Waals surface area contributed by atoms with Crippen LogP contribution in [0.3, 0.4) is 0 Å². The number of nitrogens with one attached hydrogen (secondary N) is 1. The number of hydrogen-bond donors (Lipinski definition) is 1. The summed E-state index contributed by atoms with van der Waals surface area (Å²) in [4.78, 5) is 3.57. The molecule has 10 atom stereocenters. The number of rotatable bonds is 28. The van der Waals surface area contributed by atoms with E-state index in [9.17, 15) is 8.42 Å². The van der Waals surface area contributed by atoms with Gasteiger partial charge in [-0.25, -0.2) is 12.4 Å². The van der Waals surface area contributed by atoms with E-state index in [1.165, 1.54) is 3.97 Å².